The van der Waals surface area contributed by atoms with Gasteiger partial charge in [-0.15, -0.1) is 12.4 Å². The van der Waals surface area contributed by atoms with Crippen LogP contribution in [0.1, 0.15) is 5.56 Å². The van der Waals surface area contributed by atoms with Gasteiger partial charge in [0.1, 0.15) is 0 Å². The van der Waals surface area contributed by atoms with Crippen molar-refractivity contribution in [2.24, 2.45) is 10.9 Å². The van der Waals surface area contributed by atoms with Crippen molar-refractivity contribution in [3.8, 4) is 5.69 Å². The Morgan fingerprint density at radius 3 is 2.19 bits per heavy atom. The summed E-state index contributed by atoms with van der Waals surface area (Å²) in [5, 5.41) is 11.4. The Labute approximate surface area is 99.4 Å². The summed E-state index contributed by atoms with van der Waals surface area (Å²) in [7, 11) is 0. The Morgan fingerprint density at radius 2 is 1.69 bits per heavy atom. The molecule has 0 bridgehead atoms. The summed E-state index contributed by atoms with van der Waals surface area (Å²) in [5.74, 6) is 0.119. The minimum atomic E-state index is 0. The first-order chi connectivity index (χ1) is 7.31. The molecule has 0 spiro atoms. The van der Waals surface area contributed by atoms with Gasteiger partial charge in [0.2, 0.25) is 0 Å². The number of hydrogen-bond donors (Lipinski definition) is 2. The van der Waals surface area contributed by atoms with E-state index in [-0.39, 0.29) is 18.2 Å². The SMILES string of the molecule is Cl.NC(=NO)c1ccc(-n2cccc2)cc1. The van der Waals surface area contributed by atoms with E-state index in [4.69, 9.17) is 10.9 Å². The van der Waals surface area contributed by atoms with Gasteiger partial charge < -0.3 is 15.5 Å². The number of hydrogen-bond acceptors (Lipinski definition) is 2. The molecule has 0 amide bonds. The molecular formula is C11H12ClN3O. The largest absolute Gasteiger partial charge is 0.409 e. The van der Waals surface area contributed by atoms with Crippen molar-refractivity contribution in [2.75, 3.05) is 0 Å². The van der Waals surface area contributed by atoms with Crippen molar-refractivity contribution in [2.45, 2.75) is 0 Å². The molecule has 4 nitrogen and oxygen atoms in total. The number of halogens is 1. The van der Waals surface area contributed by atoms with Gasteiger partial charge in [0.05, 0.1) is 0 Å². The molecule has 0 saturated carbocycles. The number of amidine groups is 1. The molecule has 3 N–H and O–H groups in total. The highest BCUT2D eigenvalue weighted by Crippen LogP contribution is 2.09. The lowest BCUT2D eigenvalue weighted by atomic mass is 10.2. The first kappa shape index (κ1) is 12.1. The lowest BCUT2D eigenvalue weighted by Crippen LogP contribution is -2.12. The van der Waals surface area contributed by atoms with Gasteiger partial charge >= 0.3 is 0 Å². The van der Waals surface area contributed by atoms with Gasteiger partial charge in [0.25, 0.3) is 0 Å². The molecule has 2 rings (SSSR count). The van der Waals surface area contributed by atoms with Crippen LogP contribution in [0.2, 0.25) is 0 Å². The standard InChI is InChI=1S/C11H11N3O.ClH/c12-11(13-15)9-3-5-10(6-4-9)14-7-1-2-8-14;/h1-8,15H,(H2,12,13);1H. The summed E-state index contributed by atoms with van der Waals surface area (Å²) in [4.78, 5) is 0. The molecule has 2 aromatic rings. The number of benzene rings is 1. The van der Waals surface area contributed by atoms with E-state index in [2.05, 4.69) is 5.16 Å². The average molecular weight is 238 g/mol. The van der Waals surface area contributed by atoms with Gasteiger partial charge in [-0.3, -0.25) is 0 Å². The topological polar surface area (TPSA) is 63.5 Å². The molecule has 1 heterocycles. The fraction of sp³-hybridized carbons (Fsp3) is 0. The van der Waals surface area contributed by atoms with Crippen LogP contribution in [0.5, 0.6) is 0 Å². The fourth-order valence-electron chi connectivity index (χ4n) is 1.37. The summed E-state index contributed by atoms with van der Waals surface area (Å²) < 4.78 is 1.98. The van der Waals surface area contributed by atoms with Gasteiger partial charge in [-0.2, -0.15) is 0 Å². The number of aromatic nitrogens is 1. The molecule has 84 valence electrons. The second-order valence-corrected chi connectivity index (χ2v) is 3.12. The first-order valence-corrected chi connectivity index (χ1v) is 4.52. The number of oxime groups is 1. The molecule has 0 fully saturated rings. The Balaban J connectivity index is 0.00000128. The molecule has 0 aliphatic carbocycles. The van der Waals surface area contributed by atoms with Gasteiger partial charge in [-0.1, -0.05) is 5.16 Å². The summed E-state index contributed by atoms with van der Waals surface area (Å²) >= 11 is 0. The zero-order chi connectivity index (χ0) is 10.7. The fourth-order valence-corrected chi connectivity index (χ4v) is 1.37. The highest BCUT2D eigenvalue weighted by atomic mass is 35.5. The van der Waals surface area contributed by atoms with Crippen LogP contribution < -0.4 is 5.73 Å². The molecule has 0 unspecified atom stereocenters. The van der Waals surface area contributed by atoms with E-state index >= 15 is 0 Å². The molecule has 16 heavy (non-hydrogen) atoms. The molecule has 1 aromatic heterocycles. The third kappa shape index (κ3) is 2.35. The minimum Gasteiger partial charge on any atom is -0.409 e. The second-order valence-electron chi connectivity index (χ2n) is 3.12. The van der Waals surface area contributed by atoms with Crippen LogP contribution in [0.15, 0.2) is 53.9 Å². The van der Waals surface area contributed by atoms with Crippen molar-refractivity contribution in [1.82, 2.24) is 4.57 Å². The van der Waals surface area contributed by atoms with E-state index in [0.29, 0.717) is 5.56 Å². The van der Waals surface area contributed by atoms with Gasteiger partial charge in [0.15, 0.2) is 5.84 Å². The van der Waals surface area contributed by atoms with E-state index in [9.17, 15) is 0 Å². The van der Waals surface area contributed by atoms with Crippen molar-refractivity contribution in [3.63, 3.8) is 0 Å². The van der Waals surface area contributed by atoms with E-state index in [1.807, 2.05) is 53.4 Å². The number of nitrogens with zero attached hydrogens (tertiary/aromatic N) is 2. The van der Waals surface area contributed by atoms with E-state index in [0.717, 1.165) is 5.69 Å². The van der Waals surface area contributed by atoms with E-state index < -0.39 is 0 Å². The van der Waals surface area contributed by atoms with E-state index in [1.165, 1.54) is 0 Å². The molecule has 0 aliphatic heterocycles. The summed E-state index contributed by atoms with van der Waals surface area (Å²) in [6.45, 7) is 0. The minimum absolute atomic E-state index is 0. The van der Waals surface area contributed by atoms with Crippen LogP contribution in [-0.2, 0) is 0 Å². The molecular weight excluding hydrogens is 226 g/mol. The van der Waals surface area contributed by atoms with E-state index in [1.54, 1.807) is 0 Å². The maximum Gasteiger partial charge on any atom is 0.170 e. The highest BCUT2D eigenvalue weighted by Gasteiger charge is 1.99. The normalized spacial score (nSPS) is 10.9. The van der Waals surface area contributed by atoms with Gasteiger partial charge in [0, 0.05) is 23.6 Å². The Hall–Kier alpha value is -1.94. The Kier molecular flexibility index (Phi) is 3.96. The first-order valence-electron chi connectivity index (χ1n) is 4.52. The zero-order valence-corrected chi connectivity index (χ0v) is 9.26. The maximum atomic E-state index is 8.50. The van der Waals surface area contributed by atoms with Gasteiger partial charge in [-0.05, 0) is 36.4 Å². The highest BCUT2D eigenvalue weighted by molar-refractivity contribution is 5.97. The van der Waals surface area contributed by atoms with Crippen LogP contribution in [0.25, 0.3) is 5.69 Å². The number of nitrogens with two attached hydrogens (primary N) is 1. The molecule has 1 aromatic carbocycles. The van der Waals surface area contributed by atoms with Crippen molar-refractivity contribution in [1.29, 1.82) is 0 Å². The molecule has 0 saturated heterocycles. The van der Waals surface area contributed by atoms with Crippen molar-refractivity contribution >= 4 is 18.2 Å². The lowest BCUT2D eigenvalue weighted by Gasteiger charge is -2.03. The Morgan fingerprint density at radius 1 is 1.12 bits per heavy atom. The van der Waals surface area contributed by atoms with Crippen LogP contribution in [-0.4, -0.2) is 15.6 Å². The third-order valence-electron chi connectivity index (χ3n) is 2.17. The predicted octanol–water partition coefficient (Wildman–Crippen LogP) is 1.99. The monoisotopic (exact) mass is 237 g/mol. The average Bonchev–Trinajstić information content (AvgIpc) is 2.82. The smallest absolute Gasteiger partial charge is 0.170 e. The second kappa shape index (κ2) is 5.23. The van der Waals surface area contributed by atoms with Gasteiger partial charge in [-0.25, -0.2) is 0 Å². The number of rotatable bonds is 2. The lowest BCUT2D eigenvalue weighted by molar-refractivity contribution is 0.318. The van der Waals surface area contributed by atoms with Crippen LogP contribution in [0.3, 0.4) is 0 Å². The van der Waals surface area contributed by atoms with Crippen molar-refractivity contribution < 1.29 is 5.21 Å². The van der Waals surface area contributed by atoms with Crippen LogP contribution in [0, 0.1) is 0 Å². The Bertz CT molecular complexity index is 462. The summed E-state index contributed by atoms with van der Waals surface area (Å²) in [5.41, 5.74) is 7.20. The molecule has 0 aliphatic rings. The summed E-state index contributed by atoms with van der Waals surface area (Å²) in [6.07, 6.45) is 3.91. The molecule has 5 heteroatoms. The predicted molar refractivity (Wildman–Crippen MR) is 65.5 cm³/mol. The maximum absolute atomic E-state index is 8.50. The molecule has 0 atom stereocenters. The van der Waals surface area contributed by atoms with Crippen molar-refractivity contribution in [3.05, 3.63) is 54.4 Å². The summed E-state index contributed by atoms with van der Waals surface area (Å²) in [6, 6.07) is 11.4. The molecule has 0 radical (unpaired) electrons. The quantitative estimate of drug-likeness (QED) is 0.363. The zero-order valence-electron chi connectivity index (χ0n) is 8.45. The van der Waals surface area contributed by atoms with Crippen LogP contribution in [0.4, 0.5) is 0 Å². The third-order valence-corrected chi connectivity index (χ3v) is 2.17. The van der Waals surface area contributed by atoms with Crippen LogP contribution >= 0.6 is 12.4 Å².